The van der Waals surface area contributed by atoms with Crippen LogP contribution in [0.4, 0.5) is 10.5 Å². The van der Waals surface area contributed by atoms with Gasteiger partial charge in [0, 0.05) is 11.3 Å². The number of nitrogens with one attached hydrogen (secondary N) is 3. The van der Waals surface area contributed by atoms with Crippen molar-refractivity contribution in [2.75, 3.05) is 11.8 Å². The van der Waals surface area contributed by atoms with E-state index in [0.29, 0.717) is 18.5 Å². The summed E-state index contributed by atoms with van der Waals surface area (Å²) in [4.78, 5) is 29.0. The molecule has 1 heterocycles. The number of amides is 2. The van der Waals surface area contributed by atoms with E-state index in [1.54, 1.807) is 19.1 Å². The van der Waals surface area contributed by atoms with Crippen molar-refractivity contribution in [2.45, 2.75) is 51.6 Å². The Morgan fingerprint density at radius 2 is 1.84 bits per heavy atom. The third-order valence-electron chi connectivity index (χ3n) is 4.55. The first-order chi connectivity index (χ1) is 15.0. The average molecular weight is 485 g/mol. The summed E-state index contributed by atoms with van der Waals surface area (Å²) in [5.74, 6) is -0.132. The third-order valence-corrected chi connectivity index (χ3v) is 6.21. The topological polar surface area (TPSA) is 147 Å². The zero-order valence-corrected chi connectivity index (χ0v) is 19.9. The Bertz CT molecular complexity index is 1020. The molecule has 10 nitrogen and oxygen atoms in total. The van der Waals surface area contributed by atoms with Crippen LogP contribution in [0.2, 0.25) is 0 Å². The predicted octanol–water partition coefficient (Wildman–Crippen LogP) is 3.02. The smallest absolute Gasteiger partial charge is 0.407 e. The fourth-order valence-electron chi connectivity index (χ4n) is 2.88. The number of alkyl carbamates (subject to hydrolysis) is 1. The maximum atomic E-state index is 12.8. The number of nitrogens with zero attached hydrogens (tertiary/aromatic N) is 1. The summed E-state index contributed by atoms with van der Waals surface area (Å²) >= 11 is 1.50. The molecule has 2 amide bonds. The molecule has 176 valence electrons. The zero-order chi connectivity index (χ0) is 23.9. The second-order valence-corrected chi connectivity index (χ2v) is 9.45. The molecule has 0 bridgehead atoms. The monoisotopic (exact) mass is 484 g/mol. The summed E-state index contributed by atoms with van der Waals surface area (Å²) in [5, 5.41) is 8.29. The lowest BCUT2D eigenvalue weighted by Crippen LogP contribution is -2.47. The number of thiazole rings is 1. The molecule has 1 aromatic heterocycles. The number of aromatic nitrogens is 1. The van der Waals surface area contributed by atoms with Crippen molar-refractivity contribution in [1.82, 2.24) is 15.6 Å². The highest BCUT2D eigenvalue weighted by Crippen LogP contribution is 2.26. The van der Waals surface area contributed by atoms with E-state index in [0.717, 1.165) is 10.6 Å². The van der Waals surface area contributed by atoms with Crippen LogP contribution in [0.1, 0.15) is 55.4 Å². The van der Waals surface area contributed by atoms with Gasteiger partial charge in [-0.3, -0.25) is 14.1 Å². The Hall–Kier alpha value is -2.70. The largest absolute Gasteiger partial charge is 0.453 e. The number of benzene rings is 1. The van der Waals surface area contributed by atoms with Gasteiger partial charge in [0.2, 0.25) is 5.91 Å². The number of rotatable bonds is 10. The summed E-state index contributed by atoms with van der Waals surface area (Å²) in [6, 6.07) is 5.15. The second-order valence-electron chi connectivity index (χ2n) is 7.40. The molecule has 0 radical (unpaired) electrons. The molecule has 0 aliphatic heterocycles. The van der Waals surface area contributed by atoms with Gasteiger partial charge in [-0.15, -0.1) is 11.3 Å². The molecule has 0 spiro atoms. The Morgan fingerprint density at radius 1 is 1.19 bits per heavy atom. The molecule has 0 saturated heterocycles. The molecule has 0 aliphatic carbocycles. The SMILES string of the molecule is CC[C@H](NC(=O)OC)C(=O)N[C@@H](Cc1ccc(NS(=O)(=O)O)cc1)c1csc(C(C)C)n1. The van der Waals surface area contributed by atoms with Crippen LogP contribution >= 0.6 is 11.3 Å². The molecule has 0 aliphatic rings. The minimum absolute atomic E-state index is 0.209. The summed E-state index contributed by atoms with van der Waals surface area (Å²) in [5.41, 5.74) is 1.71. The van der Waals surface area contributed by atoms with Crippen molar-refractivity contribution >= 4 is 39.3 Å². The van der Waals surface area contributed by atoms with Crippen molar-refractivity contribution < 1.29 is 27.3 Å². The van der Waals surface area contributed by atoms with Gasteiger partial charge in [0.15, 0.2) is 0 Å². The van der Waals surface area contributed by atoms with Crippen LogP contribution in [-0.2, 0) is 26.3 Å². The minimum Gasteiger partial charge on any atom is -0.453 e. The fourth-order valence-corrected chi connectivity index (χ4v) is 4.20. The summed E-state index contributed by atoms with van der Waals surface area (Å²) in [7, 11) is -3.13. The molecule has 12 heteroatoms. The number of hydrogen-bond donors (Lipinski definition) is 4. The van der Waals surface area contributed by atoms with Crippen LogP contribution in [0, 0.1) is 0 Å². The van der Waals surface area contributed by atoms with Crippen molar-refractivity contribution in [1.29, 1.82) is 0 Å². The van der Waals surface area contributed by atoms with Crippen LogP contribution in [0.25, 0.3) is 0 Å². The molecule has 32 heavy (non-hydrogen) atoms. The highest BCUT2D eigenvalue weighted by atomic mass is 32.2. The number of carbonyl (C=O) groups is 2. The molecule has 1 aromatic carbocycles. The Kier molecular flexibility index (Phi) is 8.99. The second kappa shape index (κ2) is 11.2. The van der Waals surface area contributed by atoms with Crippen LogP contribution in [0.15, 0.2) is 29.6 Å². The highest BCUT2D eigenvalue weighted by Gasteiger charge is 2.25. The van der Waals surface area contributed by atoms with Crippen LogP contribution < -0.4 is 15.4 Å². The first kappa shape index (κ1) is 25.6. The molecular formula is C20H28N4O6S2. The Balaban J connectivity index is 2.24. The molecule has 0 fully saturated rings. The van der Waals surface area contributed by atoms with Crippen LogP contribution in [0.5, 0.6) is 0 Å². The number of methoxy groups -OCH3 is 1. The van der Waals surface area contributed by atoms with E-state index in [9.17, 15) is 18.0 Å². The van der Waals surface area contributed by atoms with Crippen molar-refractivity contribution in [3.63, 3.8) is 0 Å². The van der Waals surface area contributed by atoms with Gasteiger partial charge in [-0.25, -0.2) is 9.78 Å². The fraction of sp³-hybridized carbons (Fsp3) is 0.450. The van der Waals surface area contributed by atoms with Crippen LogP contribution in [0.3, 0.4) is 0 Å². The van der Waals surface area contributed by atoms with E-state index in [2.05, 4.69) is 20.4 Å². The first-order valence-corrected chi connectivity index (χ1v) is 12.3. The van der Waals surface area contributed by atoms with Gasteiger partial charge < -0.3 is 15.4 Å². The number of carbonyl (C=O) groups excluding carboxylic acids is 2. The predicted molar refractivity (Wildman–Crippen MR) is 122 cm³/mol. The van der Waals surface area contributed by atoms with Crippen molar-refractivity contribution in [2.24, 2.45) is 0 Å². The lowest BCUT2D eigenvalue weighted by Gasteiger charge is -2.22. The quantitative estimate of drug-likeness (QED) is 0.379. The lowest BCUT2D eigenvalue weighted by molar-refractivity contribution is -0.123. The van der Waals surface area contributed by atoms with E-state index in [1.165, 1.54) is 30.6 Å². The summed E-state index contributed by atoms with van der Waals surface area (Å²) in [6.07, 6.45) is 0.0624. The van der Waals surface area contributed by atoms with E-state index in [1.807, 2.05) is 23.9 Å². The van der Waals surface area contributed by atoms with Gasteiger partial charge in [-0.1, -0.05) is 32.9 Å². The van der Waals surface area contributed by atoms with Gasteiger partial charge in [-0.2, -0.15) is 8.42 Å². The van der Waals surface area contributed by atoms with E-state index in [-0.39, 0.29) is 17.5 Å². The van der Waals surface area contributed by atoms with E-state index >= 15 is 0 Å². The van der Waals surface area contributed by atoms with Gasteiger partial charge in [-0.05, 0) is 30.5 Å². The number of anilines is 1. The van der Waals surface area contributed by atoms with Gasteiger partial charge in [0.25, 0.3) is 0 Å². The van der Waals surface area contributed by atoms with Gasteiger partial charge in [0.1, 0.15) is 6.04 Å². The highest BCUT2D eigenvalue weighted by molar-refractivity contribution is 7.87. The summed E-state index contributed by atoms with van der Waals surface area (Å²) < 4.78 is 37.4. The molecule has 2 atom stereocenters. The Labute approximate surface area is 191 Å². The van der Waals surface area contributed by atoms with Crippen molar-refractivity contribution in [3.8, 4) is 0 Å². The number of hydrogen-bond acceptors (Lipinski definition) is 7. The van der Waals surface area contributed by atoms with Gasteiger partial charge >= 0.3 is 16.4 Å². The zero-order valence-electron chi connectivity index (χ0n) is 18.3. The average Bonchev–Trinajstić information content (AvgIpc) is 3.22. The molecule has 0 unspecified atom stereocenters. The molecule has 2 rings (SSSR count). The van der Waals surface area contributed by atoms with E-state index < -0.39 is 28.5 Å². The maximum absolute atomic E-state index is 12.8. The third kappa shape index (κ3) is 7.77. The minimum atomic E-state index is -4.36. The Morgan fingerprint density at radius 3 is 2.34 bits per heavy atom. The van der Waals surface area contributed by atoms with E-state index in [4.69, 9.17) is 4.55 Å². The number of ether oxygens (including phenoxy) is 1. The van der Waals surface area contributed by atoms with Gasteiger partial charge in [0.05, 0.1) is 29.5 Å². The summed E-state index contributed by atoms with van der Waals surface area (Å²) in [6.45, 7) is 5.84. The first-order valence-electron chi connectivity index (χ1n) is 9.96. The molecular weight excluding hydrogens is 456 g/mol. The lowest BCUT2D eigenvalue weighted by atomic mass is 10.0. The molecule has 2 aromatic rings. The van der Waals surface area contributed by atoms with Crippen molar-refractivity contribution in [3.05, 3.63) is 45.9 Å². The standard InChI is InChI=1S/C20H28N4O6S2/c1-5-15(23-20(26)30-4)18(25)21-16(17-11-31-19(22-17)12(2)3)10-13-6-8-14(9-7-13)24-32(27,28)29/h6-9,11-12,15-16,24H,5,10H2,1-4H3,(H,21,25)(H,23,26)(H,27,28,29)/t15-,16-/m0/s1. The molecule has 4 N–H and O–H groups in total. The maximum Gasteiger partial charge on any atom is 0.407 e. The van der Waals surface area contributed by atoms with Crippen LogP contribution in [-0.4, -0.2) is 43.1 Å². The molecule has 0 saturated carbocycles. The normalized spacial score (nSPS) is 13.3.